The molecule has 0 radical (unpaired) electrons. The zero-order valence-electron chi connectivity index (χ0n) is 22.1. The molecule has 1 heterocycles. The molecule has 214 valence electrons. The smallest absolute Gasteiger partial charge is 0.416 e. The highest BCUT2D eigenvalue weighted by Crippen LogP contribution is 2.42. The number of carbonyl (C=O) groups is 2. The SMILES string of the molecule is COCc1oc(-c2ccc(C(F)(F)F)cc2)cc1C(Oc1ccc(C(=O)NCCC(=O)O)cc1)C1CCCCC1. The largest absolute Gasteiger partial charge is 0.485 e. The number of furan rings is 1. The summed E-state index contributed by atoms with van der Waals surface area (Å²) in [5.41, 5.74) is 0.930. The summed E-state index contributed by atoms with van der Waals surface area (Å²) in [5, 5.41) is 11.3. The van der Waals surface area contributed by atoms with Crippen LogP contribution in [0.3, 0.4) is 0 Å². The van der Waals surface area contributed by atoms with Crippen molar-refractivity contribution in [3.8, 4) is 17.1 Å². The molecule has 1 saturated carbocycles. The molecule has 4 rings (SSSR count). The van der Waals surface area contributed by atoms with E-state index in [4.69, 9.17) is 19.0 Å². The van der Waals surface area contributed by atoms with Crippen LogP contribution in [-0.2, 0) is 22.3 Å². The van der Waals surface area contributed by atoms with Crippen molar-refractivity contribution in [2.24, 2.45) is 5.92 Å². The zero-order chi connectivity index (χ0) is 28.7. The monoisotopic (exact) mass is 559 g/mol. The average Bonchev–Trinajstić information content (AvgIpc) is 3.35. The second-order valence-corrected chi connectivity index (χ2v) is 9.86. The van der Waals surface area contributed by atoms with Crippen LogP contribution in [0.1, 0.15) is 71.9 Å². The highest BCUT2D eigenvalue weighted by molar-refractivity contribution is 5.94. The molecule has 1 fully saturated rings. The Kier molecular flexibility index (Phi) is 9.52. The van der Waals surface area contributed by atoms with Crippen LogP contribution in [-0.4, -0.2) is 30.6 Å². The summed E-state index contributed by atoms with van der Waals surface area (Å²) in [6.45, 7) is 0.193. The van der Waals surface area contributed by atoms with Crippen LogP contribution in [0.5, 0.6) is 5.75 Å². The van der Waals surface area contributed by atoms with Crippen molar-refractivity contribution in [2.75, 3.05) is 13.7 Å². The van der Waals surface area contributed by atoms with E-state index in [1.165, 1.54) is 12.1 Å². The van der Waals surface area contributed by atoms with Gasteiger partial charge in [0.1, 0.15) is 30.0 Å². The Morgan fingerprint density at radius 2 is 1.73 bits per heavy atom. The molecule has 0 spiro atoms. The zero-order valence-corrected chi connectivity index (χ0v) is 22.1. The van der Waals surface area contributed by atoms with Gasteiger partial charge in [-0.25, -0.2) is 0 Å². The number of halogens is 3. The molecular formula is C30H32F3NO6. The second kappa shape index (κ2) is 13.0. The Hall–Kier alpha value is -3.79. The Balaban J connectivity index is 1.60. The van der Waals surface area contributed by atoms with Gasteiger partial charge in [-0.1, -0.05) is 31.4 Å². The van der Waals surface area contributed by atoms with Crippen molar-refractivity contribution in [3.05, 3.63) is 77.0 Å². The molecule has 3 aromatic rings. The van der Waals surface area contributed by atoms with Crippen LogP contribution < -0.4 is 10.1 Å². The number of nitrogens with one attached hydrogen (secondary N) is 1. The van der Waals surface area contributed by atoms with Gasteiger partial charge in [0, 0.05) is 36.3 Å². The fourth-order valence-electron chi connectivity index (χ4n) is 4.96. The number of benzene rings is 2. The molecule has 1 amide bonds. The van der Waals surface area contributed by atoms with Crippen LogP contribution in [0.25, 0.3) is 11.3 Å². The number of alkyl halides is 3. The van der Waals surface area contributed by atoms with E-state index >= 15 is 0 Å². The summed E-state index contributed by atoms with van der Waals surface area (Å²) in [7, 11) is 1.54. The summed E-state index contributed by atoms with van der Waals surface area (Å²) in [5.74, 6) is 0.317. The number of amides is 1. The number of ether oxygens (including phenoxy) is 2. The maximum absolute atomic E-state index is 13.1. The Bertz CT molecular complexity index is 1280. The van der Waals surface area contributed by atoms with Gasteiger partial charge in [0.2, 0.25) is 0 Å². The predicted molar refractivity (Wildman–Crippen MR) is 141 cm³/mol. The first-order valence-electron chi connectivity index (χ1n) is 13.2. The number of hydrogen-bond donors (Lipinski definition) is 2. The molecular weight excluding hydrogens is 527 g/mol. The van der Waals surface area contributed by atoms with Crippen molar-refractivity contribution in [1.29, 1.82) is 0 Å². The molecule has 1 aliphatic carbocycles. The number of rotatable bonds is 11. The third kappa shape index (κ3) is 7.44. The highest BCUT2D eigenvalue weighted by atomic mass is 19.4. The van der Waals surface area contributed by atoms with Gasteiger partial charge >= 0.3 is 12.1 Å². The molecule has 0 saturated heterocycles. The van der Waals surface area contributed by atoms with Crippen molar-refractivity contribution in [1.82, 2.24) is 5.32 Å². The number of aliphatic carboxylic acids is 1. The molecule has 0 bridgehead atoms. The van der Waals surface area contributed by atoms with Gasteiger partial charge in [-0.3, -0.25) is 9.59 Å². The first-order valence-corrected chi connectivity index (χ1v) is 13.2. The van der Waals surface area contributed by atoms with E-state index in [1.807, 2.05) is 6.07 Å². The standard InChI is InChI=1S/C30H32F3NO6/c1-38-18-26-24(17-25(40-26)19-7-11-22(12-8-19)30(31,32)33)28(20-5-3-2-4-6-20)39-23-13-9-21(10-14-23)29(37)34-16-15-27(35)36/h7-14,17,20,28H,2-6,15-16,18H2,1H3,(H,34,37)(H,35,36). The summed E-state index contributed by atoms with van der Waals surface area (Å²) in [6.07, 6.45) is 0.160. The minimum atomic E-state index is -4.43. The lowest BCUT2D eigenvalue weighted by Gasteiger charge is -2.31. The molecule has 1 aliphatic rings. The lowest BCUT2D eigenvalue weighted by molar-refractivity contribution is -0.138. The number of carboxylic acids is 1. The van der Waals surface area contributed by atoms with Crippen LogP contribution >= 0.6 is 0 Å². The fourth-order valence-corrected chi connectivity index (χ4v) is 4.96. The number of methoxy groups -OCH3 is 1. The molecule has 40 heavy (non-hydrogen) atoms. The summed E-state index contributed by atoms with van der Waals surface area (Å²) in [6, 6.07) is 13.3. The van der Waals surface area contributed by atoms with E-state index in [0.717, 1.165) is 49.8 Å². The van der Waals surface area contributed by atoms with E-state index in [1.54, 1.807) is 31.4 Å². The van der Waals surface area contributed by atoms with Crippen molar-refractivity contribution >= 4 is 11.9 Å². The maximum Gasteiger partial charge on any atom is 0.416 e. The molecule has 0 aliphatic heterocycles. The number of carboxylic acid groups (broad SMARTS) is 1. The van der Waals surface area contributed by atoms with Crippen LogP contribution in [0, 0.1) is 5.92 Å². The molecule has 10 heteroatoms. The van der Waals surface area contributed by atoms with E-state index in [0.29, 0.717) is 28.4 Å². The van der Waals surface area contributed by atoms with Gasteiger partial charge in [-0.05, 0) is 55.3 Å². The normalized spacial score (nSPS) is 15.0. The lowest BCUT2D eigenvalue weighted by atomic mass is 9.82. The van der Waals surface area contributed by atoms with E-state index in [2.05, 4.69) is 5.32 Å². The summed E-state index contributed by atoms with van der Waals surface area (Å²) >= 11 is 0. The average molecular weight is 560 g/mol. The van der Waals surface area contributed by atoms with Gasteiger partial charge in [-0.2, -0.15) is 13.2 Å². The maximum atomic E-state index is 13.1. The Labute approximate surface area is 230 Å². The van der Waals surface area contributed by atoms with Gasteiger partial charge in [0.15, 0.2) is 0 Å². The van der Waals surface area contributed by atoms with Gasteiger partial charge in [-0.15, -0.1) is 0 Å². The molecule has 1 atom stereocenters. The van der Waals surface area contributed by atoms with E-state index < -0.39 is 23.8 Å². The number of carbonyl (C=O) groups excluding carboxylic acids is 1. The Morgan fingerprint density at radius 1 is 1.05 bits per heavy atom. The predicted octanol–water partition coefficient (Wildman–Crippen LogP) is 7.02. The van der Waals surface area contributed by atoms with Gasteiger partial charge < -0.3 is 24.3 Å². The van der Waals surface area contributed by atoms with Gasteiger partial charge in [0.25, 0.3) is 5.91 Å². The molecule has 1 unspecified atom stereocenters. The van der Waals surface area contributed by atoms with Gasteiger partial charge in [0.05, 0.1) is 12.0 Å². The van der Waals surface area contributed by atoms with Crippen LogP contribution in [0.15, 0.2) is 59.0 Å². The molecule has 2 aromatic carbocycles. The molecule has 2 N–H and O–H groups in total. The van der Waals surface area contributed by atoms with Crippen molar-refractivity contribution in [3.63, 3.8) is 0 Å². The quantitative estimate of drug-likeness (QED) is 0.262. The summed E-state index contributed by atoms with van der Waals surface area (Å²) < 4.78 is 57.2. The highest BCUT2D eigenvalue weighted by Gasteiger charge is 2.32. The first-order chi connectivity index (χ1) is 19.2. The minimum absolute atomic E-state index is 0.0280. The third-order valence-corrected chi connectivity index (χ3v) is 7.00. The first kappa shape index (κ1) is 29.2. The fraction of sp³-hybridized carbons (Fsp3) is 0.400. The van der Waals surface area contributed by atoms with E-state index in [9.17, 15) is 22.8 Å². The second-order valence-electron chi connectivity index (χ2n) is 9.86. The van der Waals surface area contributed by atoms with E-state index in [-0.39, 0.29) is 31.4 Å². The third-order valence-electron chi connectivity index (χ3n) is 7.00. The van der Waals surface area contributed by atoms with Crippen LogP contribution in [0.2, 0.25) is 0 Å². The molecule has 1 aromatic heterocycles. The molecule has 7 nitrogen and oxygen atoms in total. The van der Waals surface area contributed by atoms with Crippen LogP contribution in [0.4, 0.5) is 13.2 Å². The topological polar surface area (TPSA) is 98.0 Å². The van der Waals surface area contributed by atoms with Crippen molar-refractivity contribution < 1.29 is 41.8 Å². The lowest BCUT2D eigenvalue weighted by Crippen LogP contribution is -2.26. The Morgan fingerprint density at radius 3 is 2.33 bits per heavy atom. The number of hydrogen-bond acceptors (Lipinski definition) is 5. The summed E-state index contributed by atoms with van der Waals surface area (Å²) in [4.78, 5) is 23.0. The van der Waals surface area contributed by atoms with Crippen molar-refractivity contribution in [2.45, 2.75) is 57.4 Å². The minimum Gasteiger partial charge on any atom is -0.485 e.